The minimum Gasteiger partial charge on any atom is -0.381 e. The van der Waals surface area contributed by atoms with Crippen molar-refractivity contribution in [2.24, 2.45) is 24.8 Å². The molecule has 0 amide bonds. The van der Waals surface area contributed by atoms with Crippen LogP contribution >= 0.6 is 15.9 Å². The third-order valence-corrected chi connectivity index (χ3v) is 3.96. The number of hydrogen-bond donors (Lipinski definition) is 0. The average Bonchev–Trinajstić information content (AvgIpc) is 2.58. The van der Waals surface area contributed by atoms with Crippen LogP contribution in [0.25, 0.3) is 0 Å². The van der Waals surface area contributed by atoms with E-state index < -0.39 is 0 Å². The third-order valence-electron chi connectivity index (χ3n) is 3.38. The number of hydrogen-bond acceptors (Lipinski definition) is 3. The Morgan fingerprint density at radius 2 is 2.27 bits per heavy atom. The monoisotopic (exact) mass is 270 g/mol. The Hall–Kier alpha value is -0.680. The largest absolute Gasteiger partial charge is 0.381 e. The van der Waals surface area contributed by atoms with E-state index in [0.29, 0.717) is 17.5 Å². The topological polar surface area (TPSA) is 44.1 Å². The summed E-state index contributed by atoms with van der Waals surface area (Å²) in [6.45, 7) is 1.49. The molecule has 1 aromatic rings. The molecule has 80 valence electrons. The lowest BCUT2D eigenvalue weighted by Crippen LogP contribution is -2.14. The summed E-state index contributed by atoms with van der Waals surface area (Å²) >= 11 is 3.36. The molecule has 0 N–H and O–H groups in total. The molecule has 0 bridgehead atoms. The zero-order chi connectivity index (χ0) is 10.6. The van der Waals surface area contributed by atoms with Gasteiger partial charge < -0.3 is 4.74 Å². The van der Waals surface area contributed by atoms with E-state index in [1.807, 2.05) is 0 Å². The van der Waals surface area contributed by atoms with E-state index >= 15 is 0 Å². The standard InChI is InChI=1S/C10H11BrN2O2/c1-13-9(7(11)2-12-13)10(14)8-5-3-15-4-6(5)8/h2,5-6,8H,3-4H2,1H3. The predicted molar refractivity (Wildman–Crippen MR) is 56.5 cm³/mol. The van der Waals surface area contributed by atoms with Crippen molar-refractivity contribution >= 4 is 21.7 Å². The van der Waals surface area contributed by atoms with Gasteiger partial charge in [0.25, 0.3) is 0 Å². The second kappa shape index (κ2) is 3.15. The Balaban J connectivity index is 1.87. The average molecular weight is 271 g/mol. The Kier molecular flexibility index (Phi) is 2.01. The summed E-state index contributed by atoms with van der Waals surface area (Å²) in [6, 6.07) is 0. The fourth-order valence-corrected chi connectivity index (χ4v) is 3.02. The molecule has 5 heteroatoms. The van der Waals surface area contributed by atoms with Crippen molar-refractivity contribution < 1.29 is 9.53 Å². The number of aromatic nitrogens is 2. The van der Waals surface area contributed by atoms with Gasteiger partial charge in [0.1, 0.15) is 5.69 Å². The molecule has 1 aliphatic carbocycles. The van der Waals surface area contributed by atoms with Gasteiger partial charge >= 0.3 is 0 Å². The highest BCUT2D eigenvalue weighted by Gasteiger charge is 2.58. The summed E-state index contributed by atoms with van der Waals surface area (Å²) in [4.78, 5) is 12.2. The second-order valence-electron chi connectivity index (χ2n) is 4.22. The number of ether oxygens (including phenoxy) is 1. The van der Waals surface area contributed by atoms with Gasteiger partial charge in [0.15, 0.2) is 5.78 Å². The molecular formula is C10H11BrN2O2. The number of Topliss-reactive ketones (excluding diaryl/α,β-unsaturated/α-hetero) is 1. The van der Waals surface area contributed by atoms with Gasteiger partial charge in [-0.15, -0.1) is 0 Å². The van der Waals surface area contributed by atoms with E-state index in [-0.39, 0.29) is 11.7 Å². The van der Waals surface area contributed by atoms with Gasteiger partial charge in [-0.25, -0.2) is 0 Å². The van der Waals surface area contributed by atoms with Crippen molar-refractivity contribution in [1.29, 1.82) is 0 Å². The SMILES string of the molecule is Cn1ncc(Br)c1C(=O)C1C2COCC21. The molecule has 2 fully saturated rings. The molecule has 2 atom stereocenters. The number of rotatable bonds is 2. The van der Waals surface area contributed by atoms with Crippen LogP contribution in [-0.2, 0) is 11.8 Å². The van der Waals surface area contributed by atoms with Crippen LogP contribution in [0, 0.1) is 17.8 Å². The van der Waals surface area contributed by atoms with Crippen LogP contribution in [0.1, 0.15) is 10.5 Å². The molecule has 4 nitrogen and oxygen atoms in total. The van der Waals surface area contributed by atoms with Gasteiger partial charge in [-0.1, -0.05) is 0 Å². The number of nitrogens with zero attached hydrogens (tertiary/aromatic N) is 2. The number of ketones is 1. The summed E-state index contributed by atoms with van der Waals surface area (Å²) in [5.74, 6) is 1.30. The van der Waals surface area contributed by atoms with E-state index in [2.05, 4.69) is 21.0 Å². The lowest BCUT2D eigenvalue weighted by atomic mass is 10.1. The fourth-order valence-electron chi connectivity index (χ4n) is 2.47. The molecule has 2 unspecified atom stereocenters. The van der Waals surface area contributed by atoms with E-state index in [9.17, 15) is 4.79 Å². The lowest BCUT2D eigenvalue weighted by molar-refractivity contribution is 0.0883. The highest BCUT2D eigenvalue weighted by molar-refractivity contribution is 9.10. The summed E-state index contributed by atoms with van der Waals surface area (Å²) in [5.41, 5.74) is 0.689. The van der Waals surface area contributed by atoms with Gasteiger partial charge in [-0.05, 0) is 27.8 Å². The van der Waals surface area contributed by atoms with E-state index in [1.165, 1.54) is 0 Å². The summed E-state index contributed by atoms with van der Waals surface area (Å²) in [5, 5.41) is 4.06. The quantitative estimate of drug-likeness (QED) is 0.760. The molecule has 0 radical (unpaired) electrons. The van der Waals surface area contributed by atoms with E-state index in [0.717, 1.165) is 17.7 Å². The second-order valence-corrected chi connectivity index (χ2v) is 5.07. The molecule has 1 aliphatic heterocycles. The molecular weight excluding hydrogens is 260 g/mol. The Labute approximate surface area is 95.7 Å². The van der Waals surface area contributed by atoms with Gasteiger partial charge in [-0.2, -0.15) is 5.10 Å². The predicted octanol–water partition coefficient (Wildman–Crippen LogP) is 1.26. The number of fused-ring (bicyclic) bond motifs is 1. The van der Waals surface area contributed by atoms with Crippen molar-refractivity contribution in [2.45, 2.75) is 0 Å². The van der Waals surface area contributed by atoms with Crippen LogP contribution in [0.3, 0.4) is 0 Å². The van der Waals surface area contributed by atoms with Gasteiger partial charge in [0.2, 0.25) is 0 Å². The lowest BCUT2D eigenvalue weighted by Gasteiger charge is -2.04. The minimum absolute atomic E-state index is 0.172. The van der Waals surface area contributed by atoms with Crippen LogP contribution in [0.15, 0.2) is 10.7 Å². The molecule has 15 heavy (non-hydrogen) atoms. The number of aryl methyl sites for hydroxylation is 1. The maximum atomic E-state index is 12.2. The first-order valence-corrected chi connectivity index (χ1v) is 5.79. The first-order chi connectivity index (χ1) is 7.20. The van der Waals surface area contributed by atoms with Gasteiger partial charge in [0, 0.05) is 13.0 Å². The number of halogens is 1. The van der Waals surface area contributed by atoms with Crippen LogP contribution in [0.4, 0.5) is 0 Å². The van der Waals surface area contributed by atoms with Crippen molar-refractivity contribution in [3.05, 3.63) is 16.4 Å². The molecule has 2 heterocycles. The Bertz CT molecular complexity index is 400. The molecule has 0 aromatic carbocycles. The molecule has 1 saturated carbocycles. The molecule has 1 saturated heterocycles. The maximum Gasteiger partial charge on any atom is 0.185 e. The van der Waals surface area contributed by atoms with Crippen LogP contribution in [0.5, 0.6) is 0 Å². The fraction of sp³-hybridized carbons (Fsp3) is 0.600. The third kappa shape index (κ3) is 1.29. The summed E-state index contributed by atoms with van der Waals surface area (Å²) < 4.78 is 7.71. The molecule has 2 aliphatic rings. The molecule has 1 aromatic heterocycles. The van der Waals surface area contributed by atoms with E-state index in [4.69, 9.17) is 4.74 Å². The van der Waals surface area contributed by atoms with E-state index in [1.54, 1.807) is 17.9 Å². The van der Waals surface area contributed by atoms with Crippen molar-refractivity contribution in [3.8, 4) is 0 Å². The number of carbonyl (C=O) groups excluding carboxylic acids is 1. The first kappa shape index (κ1) is 9.54. The van der Waals surface area contributed by atoms with Crippen molar-refractivity contribution in [3.63, 3.8) is 0 Å². The smallest absolute Gasteiger partial charge is 0.185 e. The molecule has 3 rings (SSSR count). The van der Waals surface area contributed by atoms with Crippen LogP contribution in [-0.4, -0.2) is 28.8 Å². The van der Waals surface area contributed by atoms with Crippen LogP contribution in [0.2, 0.25) is 0 Å². The van der Waals surface area contributed by atoms with Gasteiger partial charge in [-0.3, -0.25) is 9.48 Å². The summed E-state index contributed by atoms with van der Waals surface area (Å²) in [7, 11) is 1.80. The normalized spacial score (nSPS) is 32.8. The highest BCUT2D eigenvalue weighted by atomic mass is 79.9. The molecule has 0 spiro atoms. The summed E-state index contributed by atoms with van der Waals surface area (Å²) in [6.07, 6.45) is 1.67. The number of carbonyl (C=O) groups is 1. The zero-order valence-corrected chi connectivity index (χ0v) is 9.90. The van der Waals surface area contributed by atoms with Crippen molar-refractivity contribution in [1.82, 2.24) is 9.78 Å². The minimum atomic E-state index is 0.172. The van der Waals surface area contributed by atoms with Crippen molar-refractivity contribution in [2.75, 3.05) is 13.2 Å². The zero-order valence-electron chi connectivity index (χ0n) is 8.31. The highest BCUT2D eigenvalue weighted by Crippen LogP contribution is 2.52. The Morgan fingerprint density at radius 1 is 1.60 bits per heavy atom. The Morgan fingerprint density at radius 3 is 2.80 bits per heavy atom. The van der Waals surface area contributed by atoms with Gasteiger partial charge in [0.05, 0.1) is 23.9 Å². The van der Waals surface area contributed by atoms with Crippen LogP contribution < -0.4 is 0 Å². The maximum absolute atomic E-state index is 12.2. The first-order valence-electron chi connectivity index (χ1n) is 4.99.